The zero-order valence-corrected chi connectivity index (χ0v) is 7.80. The monoisotopic (exact) mass is 193 g/mol. The molecule has 0 atom stereocenters. The molecule has 66 valence electrons. The molecule has 0 aliphatic heterocycles. The number of carbonyl (C=O) groups excluding carboxylic acids is 1. The van der Waals surface area contributed by atoms with Crippen molar-refractivity contribution in [3.63, 3.8) is 0 Å². The first-order valence-corrected chi connectivity index (χ1v) is 4.61. The minimum atomic E-state index is -0.393. The molecular weight excluding hydrogens is 186 g/mol. The van der Waals surface area contributed by atoms with E-state index in [0.717, 1.165) is 10.1 Å². The lowest BCUT2D eigenvalue weighted by atomic mass is 10.3. The number of esters is 1. The maximum atomic E-state index is 11.1. The van der Waals surface area contributed by atoms with Crippen LogP contribution in [-0.2, 0) is 4.74 Å². The average Bonchev–Trinajstić information content (AvgIpc) is 2.63. The molecule has 0 saturated carbocycles. The van der Waals surface area contributed by atoms with Crippen LogP contribution in [0, 0.1) is 0 Å². The molecule has 4 heteroatoms. The molecule has 2 aromatic rings. The fourth-order valence-electron chi connectivity index (χ4n) is 1.07. The molecule has 0 fully saturated rings. The van der Waals surface area contributed by atoms with Gasteiger partial charge in [0.05, 0.1) is 7.11 Å². The number of pyridine rings is 1. The molecule has 0 amide bonds. The Morgan fingerprint density at radius 3 is 3.23 bits per heavy atom. The molecular formula is C9H7NO2S. The maximum absolute atomic E-state index is 11.1. The van der Waals surface area contributed by atoms with Crippen molar-refractivity contribution < 1.29 is 9.53 Å². The van der Waals surface area contributed by atoms with Crippen molar-refractivity contribution in [1.82, 2.24) is 4.98 Å². The highest BCUT2D eigenvalue weighted by Gasteiger charge is 2.07. The Morgan fingerprint density at radius 2 is 2.46 bits per heavy atom. The fourth-order valence-corrected chi connectivity index (χ4v) is 1.87. The van der Waals surface area contributed by atoms with E-state index in [1.165, 1.54) is 7.11 Å². The van der Waals surface area contributed by atoms with Crippen molar-refractivity contribution in [2.45, 2.75) is 0 Å². The van der Waals surface area contributed by atoms with Gasteiger partial charge in [0.15, 0.2) is 0 Å². The molecule has 0 aliphatic rings. The number of fused-ring (bicyclic) bond motifs is 1. The van der Waals surface area contributed by atoms with Crippen LogP contribution in [0.2, 0.25) is 0 Å². The van der Waals surface area contributed by atoms with Gasteiger partial charge in [0.2, 0.25) is 0 Å². The molecule has 13 heavy (non-hydrogen) atoms. The summed E-state index contributed by atoms with van der Waals surface area (Å²) in [6.45, 7) is 0. The highest BCUT2D eigenvalue weighted by Crippen LogP contribution is 2.20. The van der Waals surface area contributed by atoms with Gasteiger partial charge in [0.25, 0.3) is 0 Å². The van der Waals surface area contributed by atoms with Gasteiger partial charge in [-0.25, -0.2) is 9.78 Å². The van der Waals surface area contributed by atoms with Gasteiger partial charge < -0.3 is 4.74 Å². The summed E-state index contributed by atoms with van der Waals surface area (Å²) in [5.74, 6) is -0.393. The predicted octanol–water partition coefficient (Wildman–Crippen LogP) is 2.08. The zero-order chi connectivity index (χ0) is 9.26. The van der Waals surface area contributed by atoms with Gasteiger partial charge in [-0.15, -0.1) is 11.3 Å². The molecule has 2 heterocycles. The summed E-state index contributed by atoms with van der Waals surface area (Å²) in [6, 6.07) is 3.71. The highest BCUT2D eigenvalue weighted by atomic mass is 32.1. The van der Waals surface area contributed by atoms with E-state index in [4.69, 9.17) is 0 Å². The molecule has 0 unspecified atom stereocenters. The van der Waals surface area contributed by atoms with Crippen molar-refractivity contribution in [3.8, 4) is 0 Å². The number of ether oxygens (including phenoxy) is 1. The first-order valence-electron chi connectivity index (χ1n) is 3.73. The first-order chi connectivity index (χ1) is 6.31. The molecule has 0 radical (unpaired) electrons. The summed E-state index contributed by atoms with van der Waals surface area (Å²) in [6.07, 6.45) is 1.68. The van der Waals surface area contributed by atoms with Crippen molar-refractivity contribution in [1.29, 1.82) is 0 Å². The lowest BCUT2D eigenvalue weighted by Crippen LogP contribution is -2.02. The van der Waals surface area contributed by atoms with E-state index in [1.54, 1.807) is 23.6 Å². The van der Waals surface area contributed by atoms with E-state index >= 15 is 0 Å². The normalized spacial score (nSPS) is 10.2. The Kier molecular flexibility index (Phi) is 1.98. The van der Waals surface area contributed by atoms with E-state index in [-0.39, 0.29) is 0 Å². The van der Waals surface area contributed by atoms with E-state index in [9.17, 15) is 4.79 Å². The number of nitrogens with zero attached hydrogens (tertiary/aromatic N) is 1. The Hall–Kier alpha value is -1.42. The van der Waals surface area contributed by atoms with Crippen molar-refractivity contribution in [2.24, 2.45) is 0 Å². The summed E-state index contributed by atoms with van der Waals surface area (Å²) >= 11 is 1.58. The number of carbonyl (C=O) groups is 1. The third-order valence-electron chi connectivity index (χ3n) is 1.73. The van der Waals surface area contributed by atoms with Gasteiger partial charge in [-0.05, 0) is 17.5 Å². The minimum absolute atomic E-state index is 0.359. The molecule has 0 saturated heterocycles. The zero-order valence-electron chi connectivity index (χ0n) is 6.98. The van der Waals surface area contributed by atoms with Crippen LogP contribution in [0.25, 0.3) is 10.1 Å². The second-order valence-electron chi connectivity index (χ2n) is 2.52. The summed E-state index contributed by atoms with van der Waals surface area (Å²) in [5.41, 5.74) is 0.359. The predicted molar refractivity (Wildman–Crippen MR) is 51.0 cm³/mol. The van der Waals surface area contributed by atoms with Crippen molar-refractivity contribution in [3.05, 3.63) is 29.4 Å². The van der Waals surface area contributed by atoms with Crippen LogP contribution < -0.4 is 0 Å². The van der Waals surface area contributed by atoms with Crippen LogP contribution in [0.15, 0.2) is 23.7 Å². The first kappa shape index (κ1) is 8.19. The molecule has 0 spiro atoms. The average molecular weight is 193 g/mol. The second-order valence-corrected chi connectivity index (χ2v) is 3.47. The van der Waals surface area contributed by atoms with Gasteiger partial charge in [-0.1, -0.05) is 0 Å². The third-order valence-corrected chi connectivity index (χ3v) is 2.61. The highest BCUT2D eigenvalue weighted by molar-refractivity contribution is 7.17. The topological polar surface area (TPSA) is 39.2 Å². The standard InChI is InChI=1S/C9H7NO2S/c1-12-9(11)7-4-8-6(5-10-7)2-3-13-8/h2-5H,1H3. The molecule has 2 aromatic heterocycles. The molecule has 0 N–H and O–H groups in total. The molecule has 0 aliphatic carbocycles. The van der Waals surface area contributed by atoms with E-state index in [0.29, 0.717) is 5.69 Å². The largest absolute Gasteiger partial charge is 0.464 e. The lowest BCUT2D eigenvalue weighted by Gasteiger charge is -1.96. The van der Waals surface area contributed by atoms with Crippen LogP contribution in [0.4, 0.5) is 0 Å². The van der Waals surface area contributed by atoms with Crippen LogP contribution in [0.5, 0.6) is 0 Å². The number of rotatable bonds is 1. The van der Waals surface area contributed by atoms with Gasteiger partial charge in [-0.3, -0.25) is 0 Å². The molecule has 2 rings (SSSR count). The quantitative estimate of drug-likeness (QED) is 0.651. The maximum Gasteiger partial charge on any atom is 0.356 e. The van der Waals surface area contributed by atoms with E-state index < -0.39 is 5.97 Å². The van der Waals surface area contributed by atoms with Gasteiger partial charge in [-0.2, -0.15) is 0 Å². The molecule has 3 nitrogen and oxygen atoms in total. The minimum Gasteiger partial charge on any atom is -0.464 e. The number of thiophene rings is 1. The summed E-state index contributed by atoms with van der Waals surface area (Å²) < 4.78 is 5.62. The van der Waals surface area contributed by atoms with Gasteiger partial charge >= 0.3 is 5.97 Å². The number of hydrogen-bond donors (Lipinski definition) is 0. The SMILES string of the molecule is COC(=O)c1cc2sccc2cn1. The summed E-state index contributed by atoms with van der Waals surface area (Å²) in [5, 5.41) is 3.02. The molecule has 0 bridgehead atoms. The van der Waals surface area contributed by atoms with Crippen LogP contribution >= 0.6 is 11.3 Å². The van der Waals surface area contributed by atoms with Crippen molar-refractivity contribution in [2.75, 3.05) is 7.11 Å². The Labute approximate surface area is 79.0 Å². The van der Waals surface area contributed by atoms with Crippen LogP contribution in [-0.4, -0.2) is 18.1 Å². The smallest absolute Gasteiger partial charge is 0.356 e. The van der Waals surface area contributed by atoms with Gasteiger partial charge in [0, 0.05) is 16.3 Å². The number of aromatic nitrogens is 1. The summed E-state index contributed by atoms with van der Waals surface area (Å²) in [4.78, 5) is 15.1. The van der Waals surface area contributed by atoms with E-state index in [1.807, 2.05) is 11.4 Å². The van der Waals surface area contributed by atoms with Crippen molar-refractivity contribution >= 4 is 27.4 Å². The second kappa shape index (κ2) is 3.14. The number of methoxy groups -OCH3 is 1. The van der Waals surface area contributed by atoms with Crippen LogP contribution in [0.1, 0.15) is 10.5 Å². The van der Waals surface area contributed by atoms with E-state index in [2.05, 4.69) is 9.72 Å². The lowest BCUT2D eigenvalue weighted by molar-refractivity contribution is 0.0594. The Morgan fingerprint density at radius 1 is 1.62 bits per heavy atom. The van der Waals surface area contributed by atoms with Gasteiger partial charge in [0.1, 0.15) is 5.69 Å². The molecule has 0 aromatic carbocycles. The summed E-state index contributed by atoms with van der Waals surface area (Å²) in [7, 11) is 1.35. The third kappa shape index (κ3) is 1.40. The fraction of sp³-hybridized carbons (Fsp3) is 0.111. The Bertz CT molecular complexity index is 450. The number of hydrogen-bond acceptors (Lipinski definition) is 4. The van der Waals surface area contributed by atoms with Crippen LogP contribution in [0.3, 0.4) is 0 Å². The Balaban J connectivity index is 2.54.